The lowest BCUT2D eigenvalue weighted by Crippen LogP contribution is -2.65. The van der Waals surface area contributed by atoms with E-state index in [-0.39, 0.29) is 24.3 Å². The zero-order valence-electron chi connectivity index (χ0n) is 14.0. The van der Waals surface area contributed by atoms with Crippen LogP contribution in [0, 0.1) is 11.8 Å². The summed E-state index contributed by atoms with van der Waals surface area (Å²) in [5.74, 6) is -2.36. The van der Waals surface area contributed by atoms with Crippen molar-refractivity contribution in [1.82, 2.24) is 15.3 Å². The highest BCUT2D eigenvalue weighted by molar-refractivity contribution is 5.79. The molecule has 3 heterocycles. The van der Waals surface area contributed by atoms with Gasteiger partial charge in [0, 0.05) is 44.3 Å². The topological polar surface area (TPSA) is 67.3 Å². The molecule has 6 nitrogen and oxygen atoms in total. The summed E-state index contributed by atoms with van der Waals surface area (Å²) < 4.78 is 31.7. The van der Waals surface area contributed by atoms with E-state index in [9.17, 15) is 13.6 Å². The lowest BCUT2D eigenvalue weighted by Gasteiger charge is -2.50. The molecule has 8 heteroatoms. The fourth-order valence-corrected chi connectivity index (χ4v) is 4.10. The summed E-state index contributed by atoms with van der Waals surface area (Å²) in [6.07, 6.45) is 4.57. The number of nitrogens with one attached hydrogen (secondary N) is 1. The third kappa shape index (κ3) is 3.19. The van der Waals surface area contributed by atoms with E-state index in [1.807, 2.05) is 0 Å². The molecule has 1 N–H and O–H groups in total. The fraction of sp³-hybridized carbons (Fsp3) is 0.706. The maximum absolute atomic E-state index is 12.8. The summed E-state index contributed by atoms with van der Waals surface area (Å²) in [6, 6.07) is 1.79. The fourth-order valence-electron chi connectivity index (χ4n) is 4.10. The largest absolute Gasteiger partial charge is 0.371 e. The minimum Gasteiger partial charge on any atom is -0.371 e. The smallest absolute Gasteiger partial charge is 0.249 e. The zero-order chi connectivity index (χ0) is 17.5. The standard InChI is InChI=1S/C17H22F2N4O2/c18-17(19)8-12(9-17)14(24)20-6-2-13-3-7-25-16(13)10-23(11-16)15-21-4-1-5-22-15/h1,4-5,12-13H,2-3,6-11H2,(H,20,24). The van der Waals surface area contributed by atoms with Crippen molar-refractivity contribution in [2.75, 3.05) is 31.1 Å². The number of halogens is 2. The monoisotopic (exact) mass is 352 g/mol. The third-order valence-corrected chi connectivity index (χ3v) is 5.60. The van der Waals surface area contributed by atoms with Crippen molar-refractivity contribution in [3.05, 3.63) is 18.5 Å². The molecular formula is C17H22F2N4O2. The molecule has 1 unspecified atom stereocenters. The van der Waals surface area contributed by atoms with Gasteiger partial charge in [-0.2, -0.15) is 0 Å². The minimum atomic E-state index is -2.65. The van der Waals surface area contributed by atoms with Gasteiger partial charge in [0.2, 0.25) is 17.8 Å². The van der Waals surface area contributed by atoms with Crippen molar-refractivity contribution in [3.63, 3.8) is 0 Å². The first-order valence-electron chi connectivity index (χ1n) is 8.79. The van der Waals surface area contributed by atoms with Gasteiger partial charge in [0.15, 0.2) is 0 Å². The highest BCUT2D eigenvalue weighted by Gasteiger charge is 2.53. The summed E-state index contributed by atoms with van der Waals surface area (Å²) >= 11 is 0. The molecule has 136 valence electrons. The number of amides is 1. The Bertz CT molecular complexity index is 629. The molecule has 1 aliphatic carbocycles. The van der Waals surface area contributed by atoms with E-state index in [0.717, 1.165) is 32.5 Å². The van der Waals surface area contributed by atoms with Crippen LogP contribution in [0.4, 0.5) is 14.7 Å². The van der Waals surface area contributed by atoms with Crippen molar-refractivity contribution < 1.29 is 18.3 Å². The first kappa shape index (κ1) is 16.6. The zero-order valence-corrected chi connectivity index (χ0v) is 14.0. The second-order valence-electron chi connectivity index (χ2n) is 7.34. The van der Waals surface area contributed by atoms with Crippen LogP contribution in [0.25, 0.3) is 0 Å². The van der Waals surface area contributed by atoms with E-state index in [1.165, 1.54) is 0 Å². The number of anilines is 1. The Labute approximate surface area is 145 Å². The molecule has 1 amide bonds. The molecule has 1 saturated carbocycles. The number of ether oxygens (including phenoxy) is 1. The second-order valence-corrected chi connectivity index (χ2v) is 7.34. The molecule has 3 aliphatic rings. The first-order chi connectivity index (χ1) is 12.0. The average molecular weight is 352 g/mol. The number of rotatable bonds is 5. The van der Waals surface area contributed by atoms with Gasteiger partial charge in [0.1, 0.15) is 5.60 Å². The van der Waals surface area contributed by atoms with Crippen LogP contribution in [0.5, 0.6) is 0 Å². The van der Waals surface area contributed by atoms with Crippen molar-refractivity contribution in [3.8, 4) is 0 Å². The van der Waals surface area contributed by atoms with Crippen LogP contribution in [0.15, 0.2) is 18.5 Å². The summed E-state index contributed by atoms with van der Waals surface area (Å²) in [5.41, 5.74) is -0.187. The maximum atomic E-state index is 12.8. The predicted octanol–water partition coefficient (Wildman–Crippen LogP) is 1.62. The van der Waals surface area contributed by atoms with Crippen LogP contribution >= 0.6 is 0 Å². The van der Waals surface area contributed by atoms with Gasteiger partial charge in [-0.1, -0.05) is 0 Å². The molecule has 1 aromatic heterocycles. The molecule has 2 saturated heterocycles. The quantitative estimate of drug-likeness (QED) is 0.872. The van der Waals surface area contributed by atoms with Crippen molar-refractivity contribution in [2.24, 2.45) is 11.8 Å². The van der Waals surface area contributed by atoms with Gasteiger partial charge < -0.3 is 15.0 Å². The number of hydrogen-bond donors (Lipinski definition) is 1. The van der Waals surface area contributed by atoms with Gasteiger partial charge >= 0.3 is 0 Å². The first-order valence-corrected chi connectivity index (χ1v) is 8.79. The van der Waals surface area contributed by atoms with Gasteiger partial charge in [-0.25, -0.2) is 18.7 Å². The summed E-state index contributed by atoms with van der Waals surface area (Å²) in [6.45, 7) is 2.74. The maximum Gasteiger partial charge on any atom is 0.249 e. The van der Waals surface area contributed by atoms with E-state index >= 15 is 0 Å². The molecule has 25 heavy (non-hydrogen) atoms. The molecule has 3 fully saturated rings. The van der Waals surface area contributed by atoms with Gasteiger partial charge in [-0.15, -0.1) is 0 Å². The Balaban J connectivity index is 1.24. The molecule has 4 rings (SSSR count). The molecule has 0 bridgehead atoms. The Morgan fingerprint density at radius 1 is 1.32 bits per heavy atom. The molecule has 2 aliphatic heterocycles. The number of hydrogen-bond acceptors (Lipinski definition) is 5. The summed E-state index contributed by atoms with van der Waals surface area (Å²) in [5, 5.41) is 2.81. The van der Waals surface area contributed by atoms with Crippen LogP contribution < -0.4 is 10.2 Å². The minimum absolute atomic E-state index is 0.187. The lowest BCUT2D eigenvalue weighted by molar-refractivity contribution is -0.150. The third-order valence-electron chi connectivity index (χ3n) is 5.60. The van der Waals surface area contributed by atoms with E-state index < -0.39 is 11.8 Å². The molecule has 0 radical (unpaired) electrons. The van der Waals surface area contributed by atoms with Gasteiger partial charge in [0.25, 0.3) is 0 Å². The number of carbonyl (C=O) groups is 1. The van der Waals surface area contributed by atoms with Gasteiger partial charge in [-0.05, 0) is 24.8 Å². The van der Waals surface area contributed by atoms with E-state index in [2.05, 4.69) is 20.2 Å². The summed E-state index contributed by atoms with van der Waals surface area (Å²) in [4.78, 5) is 22.5. The molecule has 1 spiro atoms. The van der Waals surface area contributed by atoms with Crippen molar-refractivity contribution in [1.29, 1.82) is 0 Å². The molecule has 0 aromatic carbocycles. The van der Waals surface area contributed by atoms with E-state index in [0.29, 0.717) is 18.4 Å². The number of alkyl halides is 2. The van der Waals surface area contributed by atoms with E-state index in [1.54, 1.807) is 18.5 Å². The number of carbonyl (C=O) groups excluding carboxylic acids is 1. The van der Waals surface area contributed by atoms with Gasteiger partial charge in [-0.3, -0.25) is 4.79 Å². The second kappa shape index (κ2) is 6.16. The van der Waals surface area contributed by atoms with Crippen LogP contribution in [0.1, 0.15) is 25.7 Å². The van der Waals surface area contributed by atoms with Crippen LogP contribution in [0.3, 0.4) is 0 Å². The van der Waals surface area contributed by atoms with E-state index in [4.69, 9.17) is 4.74 Å². The molecular weight excluding hydrogens is 330 g/mol. The highest BCUT2D eigenvalue weighted by atomic mass is 19.3. The molecule has 1 aromatic rings. The van der Waals surface area contributed by atoms with Crippen LogP contribution in [0.2, 0.25) is 0 Å². The molecule has 1 atom stereocenters. The Hall–Kier alpha value is -1.83. The lowest BCUT2D eigenvalue weighted by atomic mass is 9.78. The Morgan fingerprint density at radius 2 is 2.04 bits per heavy atom. The van der Waals surface area contributed by atoms with Gasteiger partial charge in [0.05, 0.1) is 13.1 Å². The Kier molecular flexibility index (Phi) is 4.10. The Morgan fingerprint density at radius 3 is 2.72 bits per heavy atom. The predicted molar refractivity (Wildman–Crippen MR) is 86.3 cm³/mol. The normalized spacial score (nSPS) is 27.0. The summed E-state index contributed by atoms with van der Waals surface area (Å²) in [7, 11) is 0. The van der Waals surface area contributed by atoms with Crippen LogP contribution in [-0.4, -0.2) is 53.6 Å². The SMILES string of the molecule is O=C(NCCC1CCOC12CN(c1ncccn1)C2)C1CC(F)(F)C1. The number of nitrogens with zero attached hydrogens (tertiary/aromatic N) is 3. The number of aromatic nitrogens is 2. The van der Waals surface area contributed by atoms with Crippen molar-refractivity contribution >= 4 is 11.9 Å². The average Bonchev–Trinajstić information content (AvgIpc) is 2.95. The van der Waals surface area contributed by atoms with Crippen molar-refractivity contribution in [2.45, 2.75) is 37.2 Å². The van der Waals surface area contributed by atoms with Crippen LogP contribution in [-0.2, 0) is 9.53 Å². The highest BCUT2D eigenvalue weighted by Crippen LogP contribution is 2.43.